The van der Waals surface area contributed by atoms with Crippen LogP contribution in [-0.2, 0) is 9.31 Å². The van der Waals surface area contributed by atoms with Crippen LogP contribution in [0.5, 0.6) is 5.75 Å². The van der Waals surface area contributed by atoms with Gasteiger partial charge in [-0.05, 0) is 71.6 Å². The monoisotopic (exact) mass is 345 g/mol. The van der Waals surface area contributed by atoms with E-state index in [2.05, 4.69) is 39.5 Å². The molecule has 2 heterocycles. The van der Waals surface area contributed by atoms with E-state index >= 15 is 0 Å². The topological polar surface area (TPSA) is 30.9 Å². The zero-order valence-corrected chi connectivity index (χ0v) is 16.4. The lowest BCUT2D eigenvalue weighted by atomic mass is 9.79. The summed E-state index contributed by atoms with van der Waals surface area (Å²) in [6, 6.07) is 8.78. The van der Waals surface area contributed by atoms with E-state index in [4.69, 9.17) is 14.0 Å². The zero-order valence-electron chi connectivity index (χ0n) is 16.4. The summed E-state index contributed by atoms with van der Waals surface area (Å²) in [4.78, 5) is 2.53. The molecular weight excluding hydrogens is 313 g/mol. The smallest absolute Gasteiger partial charge is 0.492 e. The number of benzene rings is 1. The molecule has 0 saturated carbocycles. The van der Waals surface area contributed by atoms with Gasteiger partial charge in [0, 0.05) is 12.6 Å². The van der Waals surface area contributed by atoms with Crippen LogP contribution in [0.1, 0.15) is 53.9 Å². The fourth-order valence-electron chi connectivity index (χ4n) is 3.50. The minimum absolute atomic E-state index is 0.321. The highest BCUT2D eigenvalue weighted by atomic mass is 16.7. The van der Waals surface area contributed by atoms with Crippen molar-refractivity contribution in [3.63, 3.8) is 0 Å². The maximum absolute atomic E-state index is 6.13. The van der Waals surface area contributed by atoms with Crippen LogP contribution in [0.2, 0.25) is 0 Å². The molecule has 138 valence electrons. The van der Waals surface area contributed by atoms with E-state index in [0.717, 1.165) is 24.4 Å². The van der Waals surface area contributed by atoms with Gasteiger partial charge in [-0.2, -0.15) is 0 Å². The first-order valence-electron chi connectivity index (χ1n) is 9.61. The molecule has 1 atom stereocenters. The Hall–Kier alpha value is -1.04. The highest BCUT2D eigenvalue weighted by Crippen LogP contribution is 2.36. The molecule has 0 N–H and O–H groups in total. The van der Waals surface area contributed by atoms with Crippen molar-refractivity contribution in [3.8, 4) is 5.75 Å². The van der Waals surface area contributed by atoms with Crippen molar-refractivity contribution in [1.29, 1.82) is 0 Å². The minimum atomic E-state index is -0.337. The molecule has 0 aromatic heterocycles. The Bertz CT molecular complexity index is 574. The van der Waals surface area contributed by atoms with Crippen LogP contribution in [0.4, 0.5) is 0 Å². The van der Waals surface area contributed by atoms with Gasteiger partial charge in [-0.15, -0.1) is 0 Å². The van der Waals surface area contributed by atoms with Crippen molar-refractivity contribution in [2.75, 3.05) is 19.7 Å². The summed E-state index contributed by atoms with van der Waals surface area (Å²) in [6.45, 7) is 13.5. The minimum Gasteiger partial charge on any atom is -0.492 e. The summed E-state index contributed by atoms with van der Waals surface area (Å²) >= 11 is 0. The number of ether oxygens (including phenoxy) is 1. The number of piperidine rings is 1. The average Bonchev–Trinajstić information content (AvgIpc) is 2.78. The molecule has 25 heavy (non-hydrogen) atoms. The summed E-state index contributed by atoms with van der Waals surface area (Å²) in [6.07, 6.45) is 3.97. The summed E-state index contributed by atoms with van der Waals surface area (Å²) in [7, 11) is -0.337. The Morgan fingerprint density at radius 1 is 1.16 bits per heavy atom. The molecule has 1 aromatic rings. The van der Waals surface area contributed by atoms with Gasteiger partial charge in [0.1, 0.15) is 12.4 Å². The van der Waals surface area contributed by atoms with Gasteiger partial charge in [-0.3, -0.25) is 4.90 Å². The van der Waals surface area contributed by atoms with E-state index in [1.54, 1.807) is 0 Å². The number of nitrogens with zero attached hydrogens (tertiary/aromatic N) is 1. The number of rotatable bonds is 5. The Morgan fingerprint density at radius 3 is 2.56 bits per heavy atom. The van der Waals surface area contributed by atoms with E-state index < -0.39 is 0 Å². The van der Waals surface area contributed by atoms with Gasteiger partial charge in [0.15, 0.2) is 0 Å². The standard InChI is InChI=1S/C20H32BNO3/c1-16-9-6-7-12-22(16)13-14-23-18-11-8-10-17(15-18)21-24-19(2,3)20(4,5)25-21/h8,10-11,15-16H,6-7,9,12-14H2,1-5H3. The van der Waals surface area contributed by atoms with Gasteiger partial charge in [0.2, 0.25) is 0 Å². The van der Waals surface area contributed by atoms with Crippen molar-refractivity contribution < 1.29 is 14.0 Å². The lowest BCUT2D eigenvalue weighted by molar-refractivity contribution is 0.00578. The van der Waals surface area contributed by atoms with Gasteiger partial charge >= 0.3 is 7.12 Å². The SMILES string of the molecule is CC1CCCCN1CCOc1cccc(B2OC(C)(C)C(C)(C)O2)c1. The molecule has 2 aliphatic rings. The Morgan fingerprint density at radius 2 is 1.88 bits per heavy atom. The third-order valence-corrected chi connectivity index (χ3v) is 5.97. The maximum atomic E-state index is 6.13. The van der Waals surface area contributed by atoms with Crippen molar-refractivity contribution in [1.82, 2.24) is 4.90 Å². The number of hydrogen-bond acceptors (Lipinski definition) is 4. The number of hydrogen-bond donors (Lipinski definition) is 0. The van der Waals surface area contributed by atoms with Crippen LogP contribution in [-0.4, -0.2) is 49.0 Å². The Kier molecular flexibility index (Phi) is 5.47. The molecule has 3 rings (SSSR count). The molecule has 0 radical (unpaired) electrons. The molecule has 1 unspecified atom stereocenters. The predicted octanol–water partition coefficient (Wildman–Crippen LogP) is 3.24. The van der Waals surface area contributed by atoms with Crippen LogP contribution in [0.3, 0.4) is 0 Å². The Balaban J connectivity index is 1.57. The first kappa shape index (κ1) is 18.7. The van der Waals surface area contributed by atoms with Gasteiger partial charge in [0.05, 0.1) is 11.2 Å². The van der Waals surface area contributed by atoms with Crippen LogP contribution in [0, 0.1) is 0 Å². The molecule has 5 heteroatoms. The van der Waals surface area contributed by atoms with Crippen molar-refractivity contribution in [3.05, 3.63) is 24.3 Å². The second kappa shape index (κ2) is 7.30. The second-order valence-corrected chi connectivity index (χ2v) is 8.39. The molecule has 2 saturated heterocycles. The summed E-state index contributed by atoms with van der Waals surface area (Å²) in [5.74, 6) is 0.886. The van der Waals surface area contributed by atoms with Crippen LogP contribution in [0.25, 0.3) is 0 Å². The highest BCUT2D eigenvalue weighted by molar-refractivity contribution is 6.62. The predicted molar refractivity (Wildman–Crippen MR) is 103 cm³/mol. The van der Waals surface area contributed by atoms with Crippen molar-refractivity contribution in [2.24, 2.45) is 0 Å². The van der Waals surface area contributed by atoms with E-state index in [1.165, 1.54) is 25.8 Å². The third-order valence-electron chi connectivity index (χ3n) is 5.97. The molecule has 0 bridgehead atoms. The van der Waals surface area contributed by atoms with Gasteiger partial charge in [0.25, 0.3) is 0 Å². The molecule has 2 fully saturated rings. The first-order valence-corrected chi connectivity index (χ1v) is 9.61. The summed E-state index contributed by atoms with van der Waals surface area (Å²) < 4.78 is 18.3. The van der Waals surface area contributed by atoms with Crippen molar-refractivity contribution >= 4 is 12.6 Å². The largest absolute Gasteiger partial charge is 0.494 e. The van der Waals surface area contributed by atoms with E-state index in [9.17, 15) is 0 Å². The Labute approximate surface area is 153 Å². The maximum Gasteiger partial charge on any atom is 0.494 e. The fraction of sp³-hybridized carbons (Fsp3) is 0.700. The summed E-state index contributed by atoms with van der Waals surface area (Å²) in [5, 5.41) is 0. The highest BCUT2D eigenvalue weighted by Gasteiger charge is 2.51. The molecule has 2 aliphatic heterocycles. The van der Waals surface area contributed by atoms with Gasteiger partial charge in [-0.1, -0.05) is 18.6 Å². The number of likely N-dealkylation sites (tertiary alicyclic amines) is 1. The van der Waals surface area contributed by atoms with Crippen LogP contribution >= 0.6 is 0 Å². The average molecular weight is 345 g/mol. The van der Waals surface area contributed by atoms with E-state index in [0.29, 0.717) is 6.04 Å². The lowest BCUT2D eigenvalue weighted by Crippen LogP contribution is -2.41. The molecule has 0 amide bonds. The quantitative estimate of drug-likeness (QED) is 0.767. The normalized spacial score (nSPS) is 26.0. The molecule has 0 spiro atoms. The molecular formula is C20H32BNO3. The third kappa shape index (κ3) is 4.21. The van der Waals surface area contributed by atoms with Crippen LogP contribution in [0.15, 0.2) is 24.3 Å². The van der Waals surface area contributed by atoms with E-state index in [-0.39, 0.29) is 18.3 Å². The fourth-order valence-corrected chi connectivity index (χ4v) is 3.50. The first-order chi connectivity index (χ1) is 11.8. The summed E-state index contributed by atoms with van der Waals surface area (Å²) in [5.41, 5.74) is 0.375. The zero-order chi connectivity index (χ0) is 18.1. The van der Waals surface area contributed by atoms with Crippen LogP contribution < -0.4 is 10.2 Å². The second-order valence-electron chi connectivity index (χ2n) is 8.39. The van der Waals surface area contributed by atoms with Gasteiger partial charge < -0.3 is 14.0 Å². The lowest BCUT2D eigenvalue weighted by Gasteiger charge is -2.33. The van der Waals surface area contributed by atoms with Crippen molar-refractivity contribution in [2.45, 2.75) is 71.1 Å². The van der Waals surface area contributed by atoms with Gasteiger partial charge in [-0.25, -0.2) is 0 Å². The molecule has 0 aliphatic carbocycles. The molecule has 4 nitrogen and oxygen atoms in total. The van der Waals surface area contributed by atoms with E-state index in [1.807, 2.05) is 24.3 Å². The molecule has 1 aromatic carbocycles.